The maximum atomic E-state index is 12.4. The van der Waals surface area contributed by atoms with Crippen LogP contribution in [0.4, 0.5) is 5.13 Å². The lowest BCUT2D eigenvalue weighted by Gasteiger charge is -2.05. The average molecular weight is 435 g/mol. The van der Waals surface area contributed by atoms with E-state index in [-0.39, 0.29) is 12.5 Å². The number of unbranched alkanes of at least 4 members (excludes halogenated alkanes) is 1. The van der Waals surface area contributed by atoms with Gasteiger partial charge in [0.05, 0.1) is 12.3 Å². The first kappa shape index (κ1) is 20.7. The van der Waals surface area contributed by atoms with E-state index in [1.165, 1.54) is 16.1 Å². The van der Waals surface area contributed by atoms with Crippen LogP contribution in [0.3, 0.4) is 0 Å². The van der Waals surface area contributed by atoms with Crippen molar-refractivity contribution in [3.63, 3.8) is 0 Å². The van der Waals surface area contributed by atoms with E-state index in [4.69, 9.17) is 4.74 Å². The molecule has 2 aromatic carbocycles. The first-order valence-electron chi connectivity index (χ1n) is 10.0. The molecule has 0 aliphatic carbocycles. The predicted octanol–water partition coefficient (Wildman–Crippen LogP) is 4.28. The highest BCUT2D eigenvalue weighted by Crippen LogP contribution is 2.24. The monoisotopic (exact) mass is 434 g/mol. The third kappa shape index (κ3) is 5.52. The van der Waals surface area contributed by atoms with Gasteiger partial charge >= 0.3 is 0 Å². The highest BCUT2D eigenvalue weighted by molar-refractivity contribution is 7.14. The van der Waals surface area contributed by atoms with Gasteiger partial charge in [0.25, 0.3) is 0 Å². The molecule has 0 unspecified atom stereocenters. The van der Waals surface area contributed by atoms with E-state index < -0.39 is 0 Å². The van der Waals surface area contributed by atoms with E-state index >= 15 is 0 Å². The molecule has 0 fully saturated rings. The van der Waals surface area contributed by atoms with Crippen LogP contribution in [-0.2, 0) is 11.3 Å². The van der Waals surface area contributed by atoms with Crippen LogP contribution in [0, 0.1) is 0 Å². The fourth-order valence-corrected chi connectivity index (χ4v) is 3.56. The lowest BCUT2D eigenvalue weighted by atomic mass is 10.2. The van der Waals surface area contributed by atoms with E-state index in [0.29, 0.717) is 17.6 Å². The molecule has 0 saturated heterocycles. The van der Waals surface area contributed by atoms with Gasteiger partial charge in [-0.2, -0.15) is 4.80 Å². The van der Waals surface area contributed by atoms with Crippen molar-refractivity contribution in [1.29, 1.82) is 0 Å². The van der Waals surface area contributed by atoms with Crippen LogP contribution in [0.1, 0.15) is 19.8 Å². The van der Waals surface area contributed by atoms with Crippen LogP contribution >= 0.6 is 11.3 Å². The van der Waals surface area contributed by atoms with E-state index in [1.807, 2.05) is 60.0 Å². The summed E-state index contributed by atoms with van der Waals surface area (Å²) in [6.45, 7) is 2.78. The molecule has 2 heterocycles. The fraction of sp³-hybridized carbons (Fsp3) is 0.227. The van der Waals surface area contributed by atoms with Crippen molar-refractivity contribution >= 4 is 22.4 Å². The minimum atomic E-state index is -0.266. The molecule has 0 atom stereocenters. The molecule has 0 saturated carbocycles. The topological polar surface area (TPSA) is 94.8 Å². The molecule has 2 aromatic heterocycles. The van der Waals surface area contributed by atoms with Crippen molar-refractivity contribution in [2.75, 3.05) is 11.9 Å². The van der Waals surface area contributed by atoms with Gasteiger partial charge in [-0.05, 0) is 35.9 Å². The zero-order valence-electron chi connectivity index (χ0n) is 17.1. The van der Waals surface area contributed by atoms with Crippen molar-refractivity contribution in [3.8, 4) is 28.4 Å². The Bertz CT molecular complexity index is 1120. The number of thiazole rings is 1. The second-order valence-corrected chi connectivity index (χ2v) is 7.68. The summed E-state index contributed by atoms with van der Waals surface area (Å²) in [4.78, 5) is 18.1. The Labute approximate surface area is 183 Å². The SMILES string of the molecule is CCCCOc1ccc(-c2nnn(CC(=O)Nc3nc(-c4ccccc4)cs3)n2)cc1. The number of ether oxygens (including phenoxy) is 1. The number of hydrogen-bond acceptors (Lipinski definition) is 7. The highest BCUT2D eigenvalue weighted by Gasteiger charge is 2.12. The van der Waals surface area contributed by atoms with E-state index in [1.54, 1.807) is 0 Å². The van der Waals surface area contributed by atoms with Crippen LogP contribution < -0.4 is 10.1 Å². The Hall–Kier alpha value is -3.59. The maximum Gasteiger partial charge on any atom is 0.249 e. The average Bonchev–Trinajstić information content (AvgIpc) is 3.45. The first-order chi connectivity index (χ1) is 15.2. The van der Waals surface area contributed by atoms with Crippen LogP contribution in [0.15, 0.2) is 60.0 Å². The highest BCUT2D eigenvalue weighted by atomic mass is 32.1. The largest absolute Gasteiger partial charge is 0.494 e. The number of carbonyl (C=O) groups excluding carboxylic acids is 1. The summed E-state index contributed by atoms with van der Waals surface area (Å²) in [6, 6.07) is 17.3. The fourth-order valence-electron chi connectivity index (χ4n) is 2.82. The minimum Gasteiger partial charge on any atom is -0.494 e. The Kier molecular flexibility index (Phi) is 6.63. The third-order valence-electron chi connectivity index (χ3n) is 4.44. The summed E-state index contributed by atoms with van der Waals surface area (Å²) < 4.78 is 5.66. The Morgan fingerprint density at radius 2 is 1.90 bits per heavy atom. The van der Waals surface area contributed by atoms with Gasteiger partial charge < -0.3 is 10.1 Å². The number of nitrogens with zero attached hydrogens (tertiary/aromatic N) is 5. The van der Waals surface area contributed by atoms with Crippen LogP contribution in [0.2, 0.25) is 0 Å². The van der Waals surface area contributed by atoms with Gasteiger partial charge in [-0.3, -0.25) is 4.79 Å². The van der Waals surface area contributed by atoms with Crippen molar-refractivity contribution in [1.82, 2.24) is 25.2 Å². The molecule has 9 heteroatoms. The predicted molar refractivity (Wildman–Crippen MR) is 120 cm³/mol. The van der Waals surface area contributed by atoms with Crippen LogP contribution in [0.5, 0.6) is 5.75 Å². The summed E-state index contributed by atoms with van der Waals surface area (Å²) in [7, 11) is 0. The number of nitrogens with one attached hydrogen (secondary N) is 1. The van der Waals surface area contributed by atoms with Crippen molar-refractivity contribution in [3.05, 3.63) is 60.0 Å². The molecule has 0 spiro atoms. The molecule has 31 heavy (non-hydrogen) atoms. The van der Waals surface area contributed by atoms with Crippen LogP contribution in [0.25, 0.3) is 22.6 Å². The molecule has 4 rings (SSSR count). The summed E-state index contributed by atoms with van der Waals surface area (Å²) in [6.07, 6.45) is 2.11. The molecule has 4 aromatic rings. The van der Waals surface area contributed by atoms with Gasteiger partial charge in [-0.15, -0.1) is 21.5 Å². The minimum absolute atomic E-state index is 0.0501. The molecule has 0 bridgehead atoms. The number of aromatic nitrogens is 5. The van der Waals surface area contributed by atoms with E-state index in [0.717, 1.165) is 35.4 Å². The van der Waals surface area contributed by atoms with Gasteiger partial charge in [0.2, 0.25) is 11.7 Å². The van der Waals surface area contributed by atoms with Crippen molar-refractivity contribution in [2.24, 2.45) is 0 Å². The Morgan fingerprint density at radius 1 is 1.10 bits per heavy atom. The molecule has 0 radical (unpaired) electrons. The number of tetrazole rings is 1. The molecule has 8 nitrogen and oxygen atoms in total. The molecule has 0 aliphatic heterocycles. The van der Waals surface area contributed by atoms with Crippen molar-refractivity contribution < 1.29 is 9.53 Å². The standard InChI is InChI=1S/C22H22N6O2S/c1-2-3-13-30-18-11-9-17(10-12-18)21-25-27-28(26-21)14-20(29)24-22-23-19(15-31-22)16-7-5-4-6-8-16/h4-12,15H,2-3,13-14H2,1H3,(H,23,24,29). The lowest BCUT2D eigenvalue weighted by molar-refractivity contribution is -0.117. The van der Waals surface area contributed by atoms with E-state index in [2.05, 4.69) is 32.6 Å². The zero-order chi connectivity index (χ0) is 21.5. The normalized spacial score (nSPS) is 10.7. The van der Waals surface area contributed by atoms with Gasteiger partial charge in [0.15, 0.2) is 5.13 Å². The lowest BCUT2D eigenvalue weighted by Crippen LogP contribution is -2.20. The molecule has 1 N–H and O–H groups in total. The smallest absolute Gasteiger partial charge is 0.249 e. The maximum absolute atomic E-state index is 12.4. The molecular weight excluding hydrogens is 412 g/mol. The number of rotatable bonds is 9. The summed E-state index contributed by atoms with van der Waals surface area (Å²) in [5, 5.41) is 17.5. The second-order valence-electron chi connectivity index (χ2n) is 6.82. The van der Waals surface area contributed by atoms with Crippen molar-refractivity contribution in [2.45, 2.75) is 26.3 Å². The second kappa shape index (κ2) is 9.94. The number of amides is 1. The number of anilines is 1. The number of benzene rings is 2. The van der Waals surface area contributed by atoms with Gasteiger partial charge in [0, 0.05) is 16.5 Å². The summed E-state index contributed by atoms with van der Waals surface area (Å²) in [5.74, 6) is 0.994. The Balaban J connectivity index is 1.33. The van der Waals surface area contributed by atoms with Gasteiger partial charge in [-0.1, -0.05) is 43.7 Å². The number of hydrogen-bond donors (Lipinski definition) is 1. The van der Waals surface area contributed by atoms with Crippen LogP contribution in [-0.4, -0.2) is 37.7 Å². The van der Waals surface area contributed by atoms with Gasteiger partial charge in [0.1, 0.15) is 12.3 Å². The molecular formula is C22H22N6O2S. The first-order valence-corrected chi connectivity index (χ1v) is 10.9. The van der Waals surface area contributed by atoms with E-state index in [9.17, 15) is 4.79 Å². The summed E-state index contributed by atoms with van der Waals surface area (Å²) in [5.41, 5.74) is 2.63. The molecule has 158 valence electrons. The van der Waals surface area contributed by atoms with Gasteiger partial charge in [-0.25, -0.2) is 4.98 Å². The third-order valence-corrected chi connectivity index (χ3v) is 5.19. The zero-order valence-corrected chi connectivity index (χ0v) is 17.9. The Morgan fingerprint density at radius 3 is 2.68 bits per heavy atom. The molecule has 0 aliphatic rings. The summed E-state index contributed by atoms with van der Waals surface area (Å²) >= 11 is 1.37. The number of carbonyl (C=O) groups is 1. The molecule has 1 amide bonds. The quantitative estimate of drug-likeness (QED) is 0.395.